The lowest BCUT2D eigenvalue weighted by Crippen LogP contribution is -2.52. The molecule has 0 saturated carbocycles. The summed E-state index contributed by atoms with van der Waals surface area (Å²) in [6, 6.07) is 24.7. The van der Waals surface area contributed by atoms with Crippen LogP contribution < -0.4 is 10.6 Å². The van der Waals surface area contributed by atoms with Crippen LogP contribution in [0, 0.1) is 5.92 Å². The number of amides is 2. The van der Waals surface area contributed by atoms with Gasteiger partial charge in [0.05, 0.1) is 6.42 Å². The smallest absolute Gasteiger partial charge is 0.407 e. The van der Waals surface area contributed by atoms with Crippen molar-refractivity contribution in [2.45, 2.75) is 37.9 Å². The molecule has 5 rings (SSSR count). The van der Waals surface area contributed by atoms with E-state index >= 15 is 0 Å². The van der Waals surface area contributed by atoms with Crippen LogP contribution in [0.5, 0.6) is 0 Å². The average molecular weight is 528 g/mol. The summed E-state index contributed by atoms with van der Waals surface area (Å²) in [6.07, 6.45) is -1.35. The molecule has 8 heteroatoms. The molecule has 0 spiro atoms. The van der Waals surface area contributed by atoms with E-state index in [1.807, 2.05) is 66.7 Å². The fourth-order valence-corrected chi connectivity index (χ4v) is 5.68. The zero-order chi connectivity index (χ0) is 27.4. The second-order valence-corrected chi connectivity index (χ2v) is 10.4. The number of carboxylic acids is 1. The van der Waals surface area contributed by atoms with Crippen molar-refractivity contribution < 1.29 is 24.2 Å². The normalized spacial score (nSPS) is 19.1. The fourth-order valence-electron chi connectivity index (χ4n) is 5.68. The standard InChI is InChI=1S/C31H33N3O5/c1-20-16-34(17-21-9-3-2-4-10-21)18-28(20)32-30(37)27(15-29(35)36)33-31(38)39-19-26-24-13-7-5-11-22(24)23-12-6-8-14-25(23)26/h2-14,20,26-28H,15-19H2,1H3,(H,32,37)(H,33,38)(H,35,36). The van der Waals surface area contributed by atoms with Gasteiger partial charge in [-0.3, -0.25) is 14.5 Å². The largest absolute Gasteiger partial charge is 0.481 e. The number of carbonyl (C=O) groups excluding carboxylic acids is 2. The molecule has 3 unspecified atom stereocenters. The summed E-state index contributed by atoms with van der Waals surface area (Å²) in [4.78, 5) is 39.6. The van der Waals surface area contributed by atoms with Crippen LogP contribution in [-0.4, -0.2) is 59.8 Å². The highest BCUT2D eigenvalue weighted by Crippen LogP contribution is 2.44. The molecule has 0 bridgehead atoms. The van der Waals surface area contributed by atoms with Crippen molar-refractivity contribution in [3.05, 3.63) is 95.6 Å². The highest BCUT2D eigenvalue weighted by atomic mass is 16.5. The number of hydrogen-bond donors (Lipinski definition) is 3. The van der Waals surface area contributed by atoms with Crippen LogP contribution in [0.2, 0.25) is 0 Å². The number of alkyl carbamates (subject to hydrolysis) is 1. The molecule has 0 aromatic heterocycles. The predicted octanol–water partition coefficient (Wildman–Crippen LogP) is 4.01. The van der Waals surface area contributed by atoms with Crippen molar-refractivity contribution >= 4 is 18.0 Å². The number of hydrogen-bond acceptors (Lipinski definition) is 5. The van der Waals surface area contributed by atoms with Gasteiger partial charge in [0.25, 0.3) is 0 Å². The van der Waals surface area contributed by atoms with Gasteiger partial charge in [-0.05, 0) is 33.7 Å². The van der Waals surface area contributed by atoms with Crippen molar-refractivity contribution in [1.82, 2.24) is 15.5 Å². The summed E-state index contributed by atoms with van der Waals surface area (Å²) in [5, 5.41) is 14.9. The molecule has 1 aliphatic carbocycles. The molecule has 2 amide bonds. The Morgan fingerprint density at radius 1 is 0.923 bits per heavy atom. The van der Waals surface area contributed by atoms with E-state index in [9.17, 15) is 19.5 Å². The molecular formula is C31H33N3O5. The van der Waals surface area contributed by atoms with Crippen molar-refractivity contribution in [1.29, 1.82) is 0 Å². The van der Waals surface area contributed by atoms with E-state index in [1.54, 1.807) is 0 Å². The van der Waals surface area contributed by atoms with Gasteiger partial charge in [-0.15, -0.1) is 0 Å². The van der Waals surface area contributed by atoms with Gasteiger partial charge in [-0.25, -0.2) is 4.79 Å². The van der Waals surface area contributed by atoms with E-state index in [0.29, 0.717) is 6.54 Å². The Hall–Kier alpha value is -4.17. The lowest BCUT2D eigenvalue weighted by atomic mass is 9.98. The van der Waals surface area contributed by atoms with Crippen molar-refractivity contribution in [3.8, 4) is 11.1 Å². The molecular weight excluding hydrogens is 494 g/mol. The number of rotatable bonds is 9. The van der Waals surface area contributed by atoms with Crippen LogP contribution in [0.3, 0.4) is 0 Å². The summed E-state index contributed by atoms with van der Waals surface area (Å²) in [7, 11) is 0. The number of fused-ring (bicyclic) bond motifs is 3. The molecule has 3 atom stereocenters. The molecule has 0 radical (unpaired) electrons. The van der Waals surface area contributed by atoms with Crippen molar-refractivity contribution in [3.63, 3.8) is 0 Å². The van der Waals surface area contributed by atoms with Crippen LogP contribution in [0.25, 0.3) is 11.1 Å². The van der Waals surface area contributed by atoms with E-state index in [1.165, 1.54) is 5.56 Å². The van der Waals surface area contributed by atoms with E-state index in [2.05, 4.69) is 34.6 Å². The third-order valence-corrected chi connectivity index (χ3v) is 7.60. The van der Waals surface area contributed by atoms with Gasteiger partial charge in [-0.2, -0.15) is 0 Å². The first-order chi connectivity index (χ1) is 18.9. The molecule has 1 saturated heterocycles. The molecule has 202 valence electrons. The van der Waals surface area contributed by atoms with Gasteiger partial charge < -0.3 is 20.5 Å². The zero-order valence-electron chi connectivity index (χ0n) is 21.9. The van der Waals surface area contributed by atoms with Crippen LogP contribution in [0.1, 0.15) is 36.0 Å². The van der Waals surface area contributed by atoms with Crippen LogP contribution in [-0.2, 0) is 20.9 Å². The van der Waals surface area contributed by atoms with Gasteiger partial charge in [0, 0.05) is 31.6 Å². The number of likely N-dealkylation sites (tertiary alicyclic amines) is 1. The summed E-state index contributed by atoms with van der Waals surface area (Å²) >= 11 is 0. The predicted molar refractivity (Wildman–Crippen MR) is 147 cm³/mol. The Labute approximate surface area is 228 Å². The number of aliphatic carboxylic acids is 1. The molecule has 3 aromatic carbocycles. The summed E-state index contributed by atoms with van der Waals surface area (Å²) < 4.78 is 5.55. The highest BCUT2D eigenvalue weighted by molar-refractivity contribution is 5.89. The third-order valence-electron chi connectivity index (χ3n) is 7.60. The molecule has 2 aliphatic rings. The van der Waals surface area contributed by atoms with E-state index in [0.717, 1.165) is 35.3 Å². The Morgan fingerprint density at radius 2 is 1.54 bits per heavy atom. The van der Waals surface area contributed by atoms with Gasteiger partial charge in [0.15, 0.2) is 0 Å². The number of carbonyl (C=O) groups is 3. The van der Waals surface area contributed by atoms with Gasteiger partial charge in [-0.1, -0.05) is 85.8 Å². The van der Waals surface area contributed by atoms with Crippen LogP contribution in [0.15, 0.2) is 78.9 Å². The third kappa shape index (κ3) is 6.12. The topological polar surface area (TPSA) is 108 Å². The maximum atomic E-state index is 13.1. The Bertz CT molecular complexity index is 1300. The van der Waals surface area contributed by atoms with Crippen LogP contribution in [0.4, 0.5) is 4.79 Å². The summed E-state index contributed by atoms with van der Waals surface area (Å²) in [6.45, 7) is 4.36. The highest BCUT2D eigenvalue weighted by Gasteiger charge is 2.34. The maximum absolute atomic E-state index is 13.1. The van der Waals surface area contributed by atoms with Gasteiger partial charge in [0.1, 0.15) is 12.6 Å². The van der Waals surface area contributed by atoms with Gasteiger partial charge >= 0.3 is 12.1 Å². The second kappa shape index (κ2) is 11.7. The van der Waals surface area contributed by atoms with E-state index in [4.69, 9.17) is 4.74 Å². The summed E-state index contributed by atoms with van der Waals surface area (Å²) in [5.74, 6) is -1.66. The molecule has 8 nitrogen and oxygen atoms in total. The average Bonchev–Trinajstić information content (AvgIpc) is 3.43. The molecule has 3 aromatic rings. The number of ether oxygens (including phenoxy) is 1. The zero-order valence-corrected chi connectivity index (χ0v) is 21.9. The number of carboxylic acid groups (broad SMARTS) is 1. The first kappa shape index (κ1) is 26.4. The number of nitrogens with zero attached hydrogens (tertiary/aromatic N) is 1. The fraction of sp³-hybridized carbons (Fsp3) is 0.323. The van der Waals surface area contributed by atoms with Gasteiger partial charge in [0.2, 0.25) is 5.91 Å². The minimum absolute atomic E-state index is 0.0787. The minimum Gasteiger partial charge on any atom is -0.481 e. The molecule has 1 fully saturated rings. The van der Waals surface area contributed by atoms with Crippen LogP contribution >= 0.6 is 0 Å². The first-order valence-corrected chi connectivity index (χ1v) is 13.3. The lowest BCUT2D eigenvalue weighted by molar-refractivity contribution is -0.140. The lowest BCUT2D eigenvalue weighted by Gasteiger charge is -2.22. The quantitative estimate of drug-likeness (QED) is 0.388. The number of benzene rings is 3. The minimum atomic E-state index is -1.24. The molecule has 1 aliphatic heterocycles. The molecule has 3 N–H and O–H groups in total. The first-order valence-electron chi connectivity index (χ1n) is 13.3. The van der Waals surface area contributed by atoms with E-state index in [-0.39, 0.29) is 24.5 Å². The maximum Gasteiger partial charge on any atom is 0.407 e. The van der Waals surface area contributed by atoms with Crippen molar-refractivity contribution in [2.75, 3.05) is 19.7 Å². The second-order valence-electron chi connectivity index (χ2n) is 10.4. The number of nitrogens with one attached hydrogen (secondary N) is 2. The summed E-state index contributed by atoms with van der Waals surface area (Å²) in [5.41, 5.74) is 5.55. The molecule has 39 heavy (non-hydrogen) atoms. The Kier molecular flexibility index (Phi) is 7.93. The SMILES string of the molecule is CC1CN(Cc2ccccc2)CC1NC(=O)C(CC(=O)O)NC(=O)OCC1c2ccccc2-c2ccccc21. The molecule has 1 heterocycles. The van der Waals surface area contributed by atoms with E-state index < -0.39 is 30.4 Å². The Morgan fingerprint density at radius 3 is 2.18 bits per heavy atom. The Balaban J connectivity index is 1.19. The van der Waals surface area contributed by atoms with Crippen molar-refractivity contribution in [2.24, 2.45) is 5.92 Å². The monoisotopic (exact) mass is 527 g/mol.